The topological polar surface area (TPSA) is 77.8 Å². The van der Waals surface area contributed by atoms with Crippen LogP contribution in [0.25, 0.3) is 5.76 Å². The van der Waals surface area contributed by atoms with Crippen molar-refractivity contribution in [1.29, 1.82) is 0 Å². The highest BCUT2D eigenvalue weighted by Crippen LogP contribution is 2.39. The number of likely N-dealkylation sites (tertiary alicyclic amines) is 1. The Hall–Kier alpha value is -2.51. The van der Waals surface area contributed by atoms with Crippen molar-refractivity contribution in [2.24, 2.45) is 0 Å². The van der Waals surface area contributed by atoms with Crippen molar-refractivity contribution < 1.29 is 24.2 Å². The van der Waals surface area contributed by atoms with Crippen LogP contribution < -0.4 is 0 Å². The minimum atomic E-state index is -0.897. The van der Waals surface area contributed by atoms with E-state index in [1.807, 2.05) is 0 Å². The molecular formula is C19H15BrFNO4. The summed E-state index contributed by atoms with van der Waals surface area (Å²) < 4.78 is 14.1. The van der Waals surface area contributed by atoms with Crippen LogP contribution in [0.4, 0.5) is 4.39 Å². The van der Waals surface area contributed by atoms with Gasteiger partial charge in [-0.1, -0.05) is 40.2 Å². The molecule has 2 aromatic rings. The number of hydrogen-bond donors (Lipinski definition) is 2. The molecule has 1 amide bonds. The number of hydrogen-bond acceptors (Lipinski definition) is 4. The van der Waals surface area contributed by atoms with Crippen LogP contribution in [0.2, 0.25) is 0 Å². The summed E-state index contributed by atoms with van der Waals surface area (Å²) in [6, 6.07) is 11.1. The number of ketones is 1. The number of carbonyl (C=O) groups is 2. The predicted octanol–water partition coefficient (Wildman–Crippen LogP) is 3.00. The maximum atomic E-state index is 13.3. The van der Waals surface area contributed by atoms with E-state index in [-0.39, 0.29) is 24.5 Å². The number of rotatable bonds is 4. The molecule has 0 unspecified atom stereocenters. The number of carbonyl (C=O) groups excluding carboxylic acids is 2. The fraction of sp³-hybridized carbons (Fsp3) is 0.158. The molecule has 1 aliphatic heterocycles. The molecule has 2 N–H and O–H groups in total. The SMILES string of the molecule is O=C1C(=O)N(CCO)[C@H](c2ccc(F)cc2)C1=C(O)c1ccc(Br)cc1. The van der Waals surface area contributed by atoms with Crippen LogP contribution in [0.5, 0.6) is 0 Å². The van der Waals surface area contributed by atoms with Gasteiger partial charge in [0.25, 0.3) is 11.7 Å². The van der Waals surface area contributed by atoms with Gasteiger partial charge in [0.05, 0.1) is 18.2 Å². The lowest BCUT2D eigenvalue weighted by atomic mass is 9.95. The van der Waals surface area contributed by atoms with E-state index in [9.17, 15) is 24.2 Å². The molecule has 1 heterocycles. The second-order valence-electron chi connectivity index (χ2n) is 5.77. The third-order valence-electron chi connectivity index (χ3n) is 4.18. The third kappa shape index (κ3) is 3.27. The zero-order chi connectivity index (χ0) is 18.8. The van der Waals surface area contributed by atoms with Crippen molar-refractivity contribution >= 4 is 33.4 Å². The van der Waals surface area contributed by atoms with Crippen molar-refractivity contribution in [2.45, 2.75) is 6.04 Å². The number of Topliss-reactive ketones (excluding diaryl/α,β-unsaturated/α-hetero) is 1. The van der Waals surface area contributed by atoms with Gasteiger partial charge < -0.3 is 15.1 Å². The Morgan fingerprint density at radius 1 is 1.08 bits per heavy atom. The van der Waals surface area contributed by atoms with Gasteiger partial charge in [0, 0.05) is 16.6 Å². The first kappa shape index (κ1) is 18.3. The van der Waals surface area contributed by atoms with Crippen molar-refractivity contribution in [2.75, 3.05) is 13.2 Å². The Labute approximate surface area is 157 Å². The molecule has 0 saturated carbocycles. The number of aliphatic hydroxyl groups excluding tert-OH is 2. The number of amides is 1. The molecular weight excluding hydrogens is 405 g/mol. The standard InChI is InChI=1S/C19H15BrFNO4/c20-13-5-1-12(2-6-13)17(24)15-16(11-3-7-14(21)8-4-11)22(9-10-23)19(26)18(15)25/h1-8,16,23-24H,9-10H2/t16-/m1/s1. The van der Waals surface area contributed by atoms with Gasteiger partial charge in [-0.15, -0.1) is 0 Å². The summed E-state index contributed by atoms with van der Waals surface area (Å²) >= 11 is 3.29. The van der Waals surface area contributed by atoms with Crippen LogP contribution >= 0.6 is 15.9 Å². The van der Waals surface area contributed by atoms with Crippen molar-refractivity contribution in [1.82, 2.24) is 4.90 Å². The van der Waals surface area contributed by atoms with Gasteiger partial charge in [0.1, 0.15) is 11.6 Å². The van der Waals surface area contributed by atoms with Crippen LogP contribution in [-0.4, -0.2) is 40.0 Å². The quantitative estimate of drug-likeness (QED) is 0.453. The van der Waals surface area contributed by atoms with E-state index in [0.29, 0.717) is 11.1 Å². The normalized spacial score (nSPS) is 19.2. The molecule has 0 aromatic heterocycles. The van der Waals surface area contributed by atoms with Gasteiger partial charge in [-0.05, 0) is 29.8 Å². The molecule has 7 heteroatoms. The molecule has 1 fully saturated rings. The lowest BCUT2D eigenvalue weighted by Gasteiger charge is -2.24. The van der Waals surface area contributed by atoms with Crippen molar-refractivity contribution in [3.63, 3.8) is 0 Å². The van der Waals surface area contributed by atoms with Gasteiger partial charge in [-0.25, -0.2) is 4.39 Å². The first-order valence-corrected chi connectivity index (χ1v) is 8.64. The summed E-state index contributed by atoms with van der Waals surface area (Å²) in [5.41, 5.74) is 0.761. The number of nitrogens with zero attached hydrogens (tertiary/aromatic N) is 1. The molecule has 26 heavy (non-hydrogen) atoms. The maximum absolute atomic E-state index is 13.3. The van der Waals surface area contributed by atoms with Gasteiger partial charge in [-0.3, -0.25) is 9.59 Å². The van der Waals surface area contributed by atoms with Crippen LogP contribution in [-0.2, 0) is 9.59 Å². The summed E-state index contributed by atoms with van der Waals surface area (Å²) in [5, 5.41) is 20.0. The average Bonchev–Trinajstić information content (AvgIpc) is 2.88. The highest BCUT2D eigenvalue weighted by Gasteiger charge is 2.45. The van der Waals surface area contributed by atoms with Crippen LogP contribution in [0.3, 0.4) is 0 Å². The summed E-state index contributed by atoms with van der Waals surface area (Å²) in [7, 11) is 0. The molecule has 3 rings (SSSR count). The van der Waals surface area contributed by atoms with Crippen molar-refractivity contribution in [3.8, 4) is 0 Å². The Bertz CT molecular complexity index is 877. The van der Waals surface area contributed by atoms with Gasteiger partial charge >= 0.3 is 0 Å². The number of aliphatic hydroxyl groups is 2. The monoisotopic (exact) mass is 419 g/mol. The maximum Gasteiger partial charge on any atom is 0.295 e. The zero-order valence-corrected chi connectivity index (χ0v) is 15.1. The molecule has 0 bridgehead atoms. The summed E-state index contributed by atoms with van der Waals surface area (Å²) in [6.45, 7) is -0.424. The molecule has 1 saturated heterocycles. The van der Waals surface area contributed by atoms with Crippen LogP contribution in [0.15, 0.2) is 58.6 Å². The minimum Gasteiger partial charge on any atom is -0.507 e. The highest BCUT2D eigenvalue weighted by atomic mass is 79.9. The Kier molecular flexibility index (Phi) is 5.20. The fourth-order valence-electron chi connectivity index (χ4n) is 2.97. The number of halogens is 2. The van der Waals surface area contributed by atoms with E-state index >= 15 is 0 Å². The van der Waals surface area contributed by atoms with E-state index in [1.165, 1.54) is 29.2 Å². The second-order valence-corrected chi connectivity index (χ2v) is 6.69. The van der Waals surface area contributed by atoms with Gasteiger partial charge in [0.15, 0.2) is 0 Å². The lowest BCUT2D eigenvalue weighted by Crippen LogP contribution is -2.32. The molecule has 5 nitrogen and oxygen atoms in total. The molecule has 0 radical (unpaired) electrons. The molecule has 1 atom stereocenters. The molecule has 1 aliphatic rings. The second kappa shape index (κ2) is 7.39. The van der Waals surface area contributed by atoms with Crippen molar-refractivity contribution in [3.05, 3.63) is 75.5 Å². The summed E-state index contributed by atoms with van der Waals surface area (Å²) in [4.78, 5) is 26.1. The van der Waals surface area contributed by atoms with E-state index in [0.717, 1.165) is 4.47 Å². The first-order chi connectivity index (χ1) is 12.4. The van der Waals surface area contributed by atoms with E-state index in [4.69, 9.17) is 0 Å². The molecule has 2 aromatic carbocycles. The largest absolute Gasteiger partial charge is 0.507 e. The summed E-state index contributed by atoms with van der Waals surface area (Å²) in [5.74, 6) is -2.42. The first-order valence-electron chi connectivity index (χ1n) is 7.84. The zero-order valence-electron chi connectivity index (χ0n) is 13.5. The number of benzene rings is 2. The third-order valence-corrected chi connectivity index (χ3v) is 4.71. The average molecular weight is 420 g/mol. The highest BCUT2D eigenvalue weighted by molar-refractivity contribution is 9.10. The Morgan fingerprint density at radius 2 is 1.69 bits per heavy atom. The molecule has 0 aliphatic carbocycles. The van der Waals surface area contributed by atoms with Crippen LogP contribution in [0, 0.1) is 5.82 Å². The van der Waals surface area contributed by atoms with Gasteiger partial charge in [-0.2, -0.15) is 0 Å². The van der Waals surface area contributed by atoms with Gasteiger partial charge in [0.2, 0.25) is 0 Å². The molecule has 0 spiro atoms. The smallest absolute Gasteiger partial charge is 0.295 e. The number of β-amino-alcohol motifs (C(OH)–C–C–N with tert-alkyl or cyclic N) is 1. The predicted molar refractivity (Wildman–Crippen MR) is 96.6 cm³/mol. The van der Waals surface area contributed by atoms with Crippen LogP contribution in [0.1, 0.15) is 17.2 Å². The summed E-state index contributed by atoms with van der Waals surface area (Å²) in [6.07, 6.45) is 0. The molecule has 134 valence electrons. The lowest BCUT2D eigenvalue weighted by molar-refractivity contribution is -0.140. The Balaban J connectivity index is 2.17. The Morgan fingerprint density at radius 3 is 2.27 bits per heavy atom. The fourth-order valence-corrected chi connectivity index (χ4v) is 3.24. The van der Waals surface area contributed by atoms with E-state index in [1.54, 1.807) is 24.3 Å². The minimum absolute atomic E-state index is 0.0796. The van der Waals surface area contributed by atoms with E-state index < -0.39 is 23.5 Å². The van der Waals surface area contributed by atoms with E-state index in [2.05, 4.69) is 15.9 Å².